The Hall–Kier alpha value is -2.21. The average molecular weight is 331 g/mol. The molecule has 1 aromatic heterocycles. The van der Waals surface area contributed by atoms with Crippen LogP contribution in [0.25, 0.3) is 0 Å². The lowest BCUT2D eigenvalue weighted by atomic mass is 9.87. The van der Waals surface area contributed by atoms with Gasteiger partial charge in [0.2, 0.25) is 0 Å². The van der Waals surface area contributed by atoms with E-state index in [1.54, 1.807) is 11.8 Å². The number of aromatic nitrogens is 2. The highest BCUT2D eigenvalue weighted by Crippen LogP contribution is 2.40. The molecule has 1 aromatic carbocycles. The van der Waals surface area contributed by atoms with Crippen molar-refractivity contribution in [1.29, 1.82) is 0 Å². The predicted octanol–water partition coefficient (Wildman–Crippen LogP) is 3.22. The van der Waals surface area contributed by atoms with E-state index in [1.807, 2.05) is 30.3 Å². The molecular weight excluding hydrogens is 312 g/mol. The van der Waals surface area contributed by atoms with Gasteiger partial charge in [0.05, 0.1) is 23.7 Å². The molecule has 0 spiro atoms. The molecule has 3 rings (SSSR count). The number of halogens is 2. The molecule has 0 saturated carbocycles. The first-order chi connectivity index (χ1) is 11.5. The number of likely N-dealkylation sites (tertiary alicyclic amines) is 1. The van der Waals surface area contributed by atoms with E-state index in [1.165, 1.54) is 6.20 Å². The van der Waals surface area contributed by atoms with Gasteiger partial charge in [-0.1, -0.05) is 30.3 Å². The van der Waals surface area contributed by atoms with Crippen LogP contribution in [0.4, 0.5) is 8.78 Å². The molecule has 1 saturated heterocycles. The highest BCUT2D eigenvalue weighted by Gasteiger charge is 2.46. The van der Waals surface area contributed by atoms with E-state index in [0.717, 1.165) is 5.56 Å². The second kappa shape index (κ2) is 6.73. The van der Waals surface area contributed by atoms with Crippen LogP contribution < -0.4 is 0 Å². The summed E-state index contributed by atoms with van der Waals surface area (Å²) in [6, 6.07) is 9.58. The van der Waals surface area contributed by atoms with Crippen molar-refractivity contribution in [2.75, 3.05) is 13.1 Å². The lowest BCUT2D eigenvalue weighted by Crippen LogP contribution is -2.47. The Labute approximate surface area is 139 Å². The van der Waals surface area contributed by atoms with E-state index in [4.69, 9.17) is 0 Å². The van der Waals surface area contributed by atoms with Crippen molar-refractivity contribution in [3.63, 3.8) is 0 Å². The number of carbonyl (C=O) groups is 1. The molecule has 126 valence electrons. The maximum absolute atomic E-state index is 14.7. The van der Waals surface area contributed by atoms with Crippen LogP contribution in [0.5, 0.6) is 0 Å². The standard InChI is InChI=1S/C18H19F2N3O/c1-13-21-9-15(11-24)17(22-13)16-7-8-23(12-18(16,19)20)10-14-5-3-2-4-6-14/h2-6,9,11,16H,7-8,10,12H2,1H3. The summed E-state index contributed by atoms with van der Waals surface area (Å²) in [5, 5.41) is 0. The van der Waals surface area contributed by atoms with Crippen LogP contribution >= 0.6 is 0 Å². The van der Waals surface area contributed by atoms with Crippen molar-refractivity contribution >= 4 is 6.29 Å². The van der Waals surface area contributed by atoms with Crippen LogP contribution in [0, 0.1) is 6.92 Å². The predicted molar refractivity (Wildman–Crippen MR) is 86.2 cm³/mol. The second-order valence-electron chi connectivity index (χ2n) is 6.17. The zero-order chi connectivity index (χ0) is 17.2. The van der Waals surface area contributed by atoms with Crippen molar-refractivity contribution in [2.24, 2.45) is 0 Å². The molecule has 1 aliphatic rings. The van der Waals surface area contributed by atoms with Crippen LogP contribution in [-0.4, -0.2) is 40.2 Å². The largest absolute Gasteiger partial charge is 0.298 e. The number of hydrogen-bond donors (Lipinski definition) is 0. The summed E-state index contributed by atoms with van der Waals surface area (Å²) < 4.78 is 29.5. The van der Waals surface area contributed by atoms with Crippen molar-refractivity contribution in [1.82, 2.24) is 14.9 Å². The molecule has 0 bridgehead atoms. The number of carbonyl (C=O) groups excluding carboxylic acids is 1. The normalized spacial score (nSPS) is 20.7. The lowest BCUT2D eigenvalue weighted by Gasteiger charge is -2.38. The Balaban J connectivity index is 1.79. The van der Waals surface area contributed by atoms with Crippen LogP contribution in [-0.2, 0) is 6.54 Å². The van der Waals surface area contributed by atoms with Gasteiger partial charge in [0.1, 0.15) is 5.82 Å². The van der Waals surface area contributed by atoms with E-state index in [0.29, 0.717) is 25.2 Å². The summed E-state index contributed by atoms with van der Waals surface area (Å²) in [6.45, 7) is 2.33. The van der Waals surface area contributed by atoms with Crippen molar-refractivity contribution < 1.29 is 13.6 Å². The Morgan fingerprint density at radius 3 is 2.75 bits per heavy atom. The van der Waals surface area contributed by atoms with Gasteiger partial charge in [-0.05, 0) is 25.5 Å². The van der Waals surface area contributed by atoms with Gasteiger partial charge in [-0.2, -0.15) is 0 Å². The first-order valence-electron chi connectivity index (χ1n) is 7.92. The zero-order valence-corrected chi connectivity index (χ0v) is 13.5. The molecule has 1 fully saturated rings. The fraction of sp³-hybridized carbons (Fsp3) is 0.389. The number of alkyl halides is 2. The first-order valence-corrected chi connectivity index (χ1v) is 7.92. The molecule has 24 heavy (non-hydrogen) atoms. The summed E-state index contributed by atoms with van der Waals surface area (Å²) in [7, 11) is 0. The van der Waals surface area contributed by atoms with Gasteiger partial charge in [-0.3, -0.25) is 9.69 Å². The quantitative estimate of drug-likeness (QED) is 0.807. The van der Waals surface area contributed by atoms with Crippen LogP contribution in [0.3, 0.4) is 0 Å². The third-order valence-corrected chi connectivity index (χ3v) is 4.35. The molecule has 0 radical (unpaired) electrons. The van der Waals surface area contributed by atoms with Gasteiger partial charge < -0.3 is 0 Å². The number of nitrogens with zero attached hydrogens (tertiary/aromatic N) is 3. The van der Waals surface area contributed by atoms with Gasteiger partial charge in [0.15, 0.2) is 6.29 Å². The van der Waals surface area contributed by atoms with Gasteiger partial charge >= 0.3 is 0 Å². The first kappa shape index (κ1) is 16.6. The summed E-state index contributed by atoms with van der Waals surface area (Å²) in [5.74, 6) is -3.59. The summed E-state index contributed by atoms with van der Waals surface area (Å²) in [4.78, 5) is 21.0. The summed E-state index contributed by atoms with van der Waals surface area (Å²) in [5.41, 5.74) is 1.34. The van der Waals surface area contributed by atoms with Gasteiger partial charge in [-0.25, -0.2) is 18.7 Å². The van der Waals surface area contributed by atoms with E-state index >= 15 is 0 Å². The van der Waals surface area contributed by atoms with E-state index in [-0.39, 0.29) is 24.2 Å². The molecule has 1 atom stereocenters. The van der Waals surface area contributed by atoms with E-state index in [9.17, 15) is 13.6 Å². The van der Waals surface area contributed by atoms with Crippen molar-refractivity contribution in [2.45, 2.75) is 31.7 Å². The molecule has 0 aliphatic carbocycles. The Bertz CT molecular complexity index is 721. The minimum Gasteiger partial charge on any atom is -0.298 e. The van der Waals surface area contributed by atoms with Gasteiger partial charge in [0, 0.05) is 12.7 Å². The summed E-state index contributed by atoms with van der Waals surface area (Å²) >= 11 is 0. The smallest absolute Gasteiger partial charge is 0.268 e. The minimum absolute atomic E-state index is 0.154. The minimum atomic E-state index is -2.94. The average Bonchev–Trinajstić information content (AvgIpc) is 2.55. The molecule has 0 N–H and O–H groups in total. The summed E-state index contributed by atoms with van der Waals surface area (Å²) in [6.07, 6.45) is 2.15. The Kier molecular flexibility index (Phi) is 4.66. The fourth-order valence-electron chi connectivity index (χ4n) is 3.19. The topological polar surface area (TPSA) is 46.1 Å². The lowest BCUT2D eigenvalue weighted by molar-refractivity contribution is -0.0859. The Morgan fingerprint density at radius 1 is 1.33 bits per heavy atom. The molecule has 2 aromatic rings. The van der Waals surface area contributed by atoms with Crippen LogP contribution in [0.1, 0.15) is 39.8 Å². The Morgan fingerprint density at radius 2 is 2.08 bits per heavy atom. The van der Waals surface area contributed by atoms with E-state index in [2.05, 4.69) is 9.97 Å². The third kappa shape index (κ3) is 3.48. The second-order valence-corrected chi connectivity index (χ2v) is 6.17. The van der Waals surface area contributed by atoms with Gasteiger partial charge in [0.25, 0.3) is 5.92 Å². The molecule has 1 unspecified atom stereocenters. The number of aldehydes is 1. The fourth-order valence-corrected chi connectivity index (χ4v) is 3.19. The zero-order valence-electron chi connectivity index (χ0n) is 13.5. The number of benzene rings is 1. The molecule has 1 aliphatic heterocycles. The van der Waals surface area contributed by atoms with Crippen molar-refractivity contribution in [3.8, 4) is 0 Å². The molecular formula is C18H19F2N3O. The number of hydrogen-bond acceptors (Lipinski definition) is 4. The van der Waals surface area contributed by atoms with Crippen molar-refractivity contribution in [3.05, 3.63) is 59.2 Å². The highest BCUT2D eigenvalue weighted by atomic mass is 19.3. The molecule has 0 amide bonds. The monoisotopic (exact) mass is 331 g/mol. The number of piperidine rings is 1. The van der Waals surface area contributed by atoms with Crippen LogP contribution in [0.15, 0.2) is 36.5 Å². The SMILES string of the molecule is Cc1ncc(C=O)c(C2CCN(Cc3ccccc3)CC2(F)F)n1. The maximum Gasteiger partial charge on any atom is 0.268 e. The molecule has 6 heteroatoms. The molecule has 4 nitrogen and oxygen atoms in total. The van der Waals surface area contributed by atoms with Gasteiger partial charge in [-0.15, -0.1) is 0 Å². The van der Waals surface area contributed by atoms with Crippen LogP contribution in [0.2, 0.25) is 0 Å². The van der Waals surface area contributed by atoms with E-state index < -0.39 is 11.8 Å². The molecule has 2 heterocycles. The highest BCUT2D eigenvalue weighted by molar-refractivity contribution is 5.76. The number of rotatable bonds is 4. The maximum atomic E-state index is 14.7. The third-order valence-electron chi connectivity index (χ3n) is 4.35. The number of aryl methyl sites for hydroxylation is 1.